The number of anilines is 1. The maximum Gasteiger partial charge on any atom is 0.416 e. The van der Waals surface area contributed by atoms with E-state index in [2.05, 4.69) is 31.3 Å². The molecule has 2 aliphatic heterocycles. The number of carbonyl (C=O) groups excluding carboxylic acids is 1. The maximum absolute atomic E-state index is 13.0. The van der Waals surface area contributed by atoms with Gasteiger partial charge in [0.15, 0.2) is 5.82 Å². The number of aromatic nitrogens is 4. The molecule has 0 aromatic carbocycles. The molecule has 11 heteroatoms. The fourth-order valence-corrected chi connectivity index (χ4v) is 5.66. The van der Waals surface area contributed by atoms with Crippen LogP contribution in [0.4, 0.5) is 19.0 Å². The molecule has 2 fully saturated rings. The van der Waals surface area contributed by atoms with E-state index in [0.717, 1.165) is 49.1 Å². The summed E-state index contributed by atoms with van der Waals surface area (Å²) in [6, 6.07) is 8.42. The normalized spacial score (nSPS) is 21.7. The number of allylic oxidation sites excluding steroid dienone is 1. The van der Waals surface area contributed by atoms with E-state index in [-0.39, 0.29) is 23.7 Å². The molecule has 1 N–H and O–H groups in total. The Morgan fingerprint density at radius 1 is 0.950 bits per heavy atom. The van der Waals surface area contributed by atoms with Crippen molar-refractivity contribution in [3.8, 4) is 11.4 Å². The molecule has 3 aliphatic rings. The van der Waals surface area contributed by atoms with Gasteiger partial charge in [0, 0.05) is 68.6 Å². The summed E-state index contributed by atoms with van der Waals surface area (Å²) in [7, 11) is 0. The zero-order valence-corrected chi connectivity index (χ0v) is 21.9. The SMILES string of the molecule is O=C(C1CN(c2cc(C(F)(F)F)ccn2)C1)N1CCC(NC2CC=C(c3ccc(-c4ncccn4)cn3)CC2)C1. The summed E-state index contributed by atoms with van der Waals surface area (Å²) in [6.45, 7) is 2.15. The van der Waals surface area contributed by atoms with Gasteiger partial charge in [-0.15, -0.1) is 0 Å². The quantitative estimate of drug-likeness (QED) is 0.493. The minimum Gasteiger partial charge on any atom is -0.355 e. The molecule has 8 nitrogen and oxygen atoms in total. The van der Waals surface area contributed by atoms with Crippen LogP contribution in [0.25, 0.3) is 17.0 Å². The van der Waals surface area contributed by atoms with Crippen molar-refractivity contribution in [2.24, 2.45) is 5.92 Å². The third-order valence-electron chi connectivity index (χ3n) is 7.93. The van der Waals surface area contributed by atoms with Gasteiger partial charge in [-0.25, -0.2) is 15.0 Å². The van der Waals surface area contributed by atoms with E-state index in [0.29, 0.717) is 38.0 Å². The van der Waals surface area contributed by atoms with Gasteiger partial charge in [0.25, 0.3) is 0 Å². The van der Waals surface area contributed by atoms with E-state index >= 15 is 0 Å². The summed E-state index contributed by atoms with van der Waals surface area (Å²) < 4.78 is 39.0. The minimum atomic E-state index is -4.41. The van der Waals surface area contributed by atoms with E-state index in [1.54, 1.807) is 23.4 Å². The predicted molar refractivity (Wildman–Crippen MR) is 144 cm³/mol. The third-order valence-corrected chi connectivity index (χ3v) is 7.93. The van der Waals surface area contributed by atoms with E-state index in [9.17, 15) is 18.0 Å². The molecule has 0 saturated carbocycles. The van der Waals surface area contributed by atoms with Crippen molar-refractivity contribution in [3.63, 3.8) is 0 Å². The second-order valence-corrected chi connectivity index (χ2v) is 10.6. The monoisotopic (exact) mass is 549 g/mol. The van der Waals surface area contributed by atoms with Crippen LogP contribution in [0.1, 0.15) is 36.9 Å². The van der Waals surface area contributed by atoms with Gasteiger partial charge in [-0.1, -0.05) is 6.08 Å². The molecule has 3 aromatic heterocycles. The smallest absolute Gasteiger partial charge is 0.355 e. The van der Waals surface area contributed by atoms with Gasteiger partial charge in [-0.2, -0.15) is 13.2 Å². The molecule has 3 aromatic rings. The Morgan fingerprint density at radius 3 is 2.48 bits per heavy atom. The summed E-state index contributed by atoms with van der Waals surface area (Å²) in [6.07, 6.45) is 8.01. The molecule has 2 atom stereocenters. The highest BCUT2D eigenvalue weighted by atomic mass is 19.4. The van der Waals surface area contributed by atoms with Crippen molar-refractivity contribution in [1.29, 1.82) is 0 Å². The Kier molecular flexibility index (Phi) is 7.22. The number of carbonyl (C=O) groups is 1. The first-order chi connectivity index (χ1) is 19.3. The van der Waals surface area contributed by atoms with E-state index in [4.69, 9.17) is 0 Å². The average Bonchev–Trinajstić information content (AvgIpc) is 3.41. The predicted octanol–water partition coefficient (Wildman–Crippen LogP) is 4.22. The minimum absolute atomic E-state index is 0.0776. The molecule has 0 bridgehead atoms. The molecular weight excluding hydrogens is 519 g/mol. The first-order valence-electron chi connectivity index (χ1n) is 13.6. The lowest BCUT2D eigenvalue weighted by molar-refractivity contribution is -0.138. The van der Waals surface area contributed by atoms with Crippen molar-refractivity contribution < 1.29 is 18.0 Å². The number of halogens is 3. The van der Waals surface area contributed by atoms with Gasteiger partial charge in [0.2, 0.25) is 5.91 Å². The van der Waals surface area contributed by atoms with E-state index in [1.165, 1.54) is 11.8 Å². The lowest BCUT2D eigenvalue weighted by Gasteiger charge is -2.40. The number of alkyl halides is 3. The third kappa shape index (κ3) is 5.70. The lowest BCUT2D eigenvalue weighted by atomic mass is 9.92. The molecule has 208 valence electrons. The van der Waals surface area contributed by atoms with Crippen molar-refractivity contribution in [2.75, 3.05) is 31.1 Å². The molecule has 0 radical (unpaired) electrons. The van der Waals surface area contributed by atoms with Gasteiger partial charge in [-0.05, 0) is 61.6 Å². The van der Waals surface area contributed by atoms with Gasteiger partial charge in [0.05, 0.1) is 17.2 Å². The molecule has 2 unspecified atom stereocenters. The lowest BCUT2D eigenvalue weighted by Crippen LogP contribution is -2.55. The Bertz CT molecular complexity index is 1370. The molecule has 1 amide bonds. The maximum atomic E-state index is 13.0. The summed E-state index contributed by atoms with van der Waals surface area (Å²) in [5, 5.41) is 3.73. The first-order valence-corrected chi connectivity index (χ1v) is 13.6. The summed E-state index contributed by atoms with van der Waals surface area (Å²) in [5.74, 6) is 0.798. The van der Waals surface area contributed by atoms with Crippen LogP contribution in [-0.2, 0) is 11.0 Å². The van der Waals surface area contributed by atoms with Gasteiger partial charge >= 0.3 is 6.18 Å². The highest BCUT2D eigenvalue weighted by Crippen LogP contribution is 2.33. The zero-order valence-electron chi connectivity index (χ0n) is 21.9. The topological polar surface area (TPSA) is 87.1 Å². The highest BCUT2D eigenvalue weighted by Gasteiger charge is 2.39. The van der Waals surface area contributed by atoms with Crippen LogP contribution in [0.2, 0.25) is 0 Å². The Labute approximate surface area is 230 Å². The highest BCUT2D eigenvalue weighted by molar-refractivity contribution is 5.82. The number of nitrogens with zero attached hydrogens (tertiary/aromatic N) is 6. The average molecular weight is 550 g/mol. The van der Waals surface area contributed by atoms with Crippen LogP contribution < -0.4 is 10.2 Å². The Hall–Kier alpha value is -3.86. The van der Waals surface area contributed by atoms with E-state index < -0.39 is 11.7 Å². The van der Waals surface area contributed by atoms with Crippen molar-refractivity contribution >= 4 is 17.3 Å². The second-order valence-electron chi connectivity index (χ2n) is 10.6. The molecule has 6 rings (SSSR count). The number of pyridine rings is 2. The number of nitrogens with one attached hydrogen (secondary N) is 1. The fraction of sp³-hybridized carbons (Fsp3) is 0.414. The molecule has 1 aliphatic carbocycles. The molecule has 0 spiro atoms. The van der Waals surface area contributed by atoms with Crippen molar-refractivity contribution in [2.45, 2.75) is 43.9 Å². The Balaban J connectivity index is 0.965. The van der Waals surface area contributed by atoms with Crippen LogP contribution in [-0.4, -0.2) is 69.0 Å². The van der Waals surface area contributed by atoms with Gasteiger partial charge < -0.3 is 15.1 Å². The zero-order chi connectivity index (χ0) is 27.7. The Morgan fingerprint density at radius 2 is 1.77 bits per heavy atom. The molecule has 40 heavy (non-hydrogen) atoms. The molecule has 2 saturated heterocycles. The standard InChI is InChI=1S/C29H30F3N7O/c30-29(31,32)22-8-12-33-26(14-22)39-16-21(17-39)28(40)38-13-9-24(18-38)37-23-5-2-19(3-6-23)25-7-4-20(15-36-25)27-34-10-1-11-35-27/h1-2,4,7-8,10-12,14-15,21,23-24,37H,3,5-6,9,13,16-18H2. The van der Waals surface area contributed by atoms with E-state index in [1.807, 2.05) is 23.2 Å². The summed E-state index contributed by atoms with van der Waals surface area (Å²) in [5.41, 5.74) is 2.39. The summed E-state index contributed by atoms with van der Waals surface area (Å²) >= 11 is 0. The van der Waals surface area contributed by atoms with Crippen LogP contribution >= 0.6 is 0 Å². The van der Waals surface area contributed by atoms with Crippen LogP contribution in [0, 0.1) is 5.92 Å². The van der Waals surface area contributed by atoms with Crippen LogP contribution in [0.3, 0.4) is 0 Å². The van der Waals surface area contributed by atoms with Crippen molar-refractivity contribution in [1.82, 2.24) is 30.2 Å². The number of amides is 1. The second kappa shape index (κ2) is 11.0. The largest absolute Gasteiger partial charge is 0.416 e. The molecule has 5 heterocycles. The fourth-order valence-electron chi connectivity index (χ4n) is 5.66. The number of hydrogen-bond acceptors (Lipinski definition) is 7. The number of rotatable bonds is 6. The van der Waals surface area contributed by atoms with Crippen LogP contribution in [0.15, 0.2) is 61.2 Å². The number of likely N-dealkylation sites (tertiary alicyclic amines) is 1. The first kappa shape index (κ1) is 26.4. The molecular formula is C29H30F3N7O. The number of hydrogen-bond donors (Lipinski definition) is 1. The summed E-state index contributed by atoms with van der Waals surface area (Å²) in [4.78, 5) is 33.9. The van der Waals surface area contributed by atoms with Crippen LogP contribution in [0.5, 0.6) is 0 Å². The van der Waals surface area contributed by atoms with Gasteiger partial charge in [0.1, 0.15) is 5.82 Å². The van der Waals surface area contributed by atoms with Crippen molar-refractivity contribution in [3.05, 3.63) is 72.5 Å². The van der Waals surface area contributed by atoms with Gasteiger partial charge in [-0.3, -0.25) is 9.78 Å².